The maximum atomic E-state index is 2.87. The lowest BCUT2D eigenvalue weighted by Gasteiger charge is -2.16. The van der Waals surface area contributed by atoms with E-state index in [0.29, 0.717) is 0 Å². The minimum Gasteiger partial charge on any atom is -0.105 e. The zero-order chi connectivity index (χ0) is 13.9. The first kappa shape index (κ1) is 13.1. The van der Waals surface area contributed by atoms with Gasteiger partial charge in [-0.1, -0.05) is 72.8 Å². The van der Waals surface area contributed by atoms with Crippen molar-refractivity contribution in [2.45, 2.75) is 6.92 Å². The standard InChI is InChI=1S/C19H17P/c1-14-12-13-17(20)19(16-10-6-3-7-11-16)18(14)15-8-4-2-5-9-15/h2-13H,20H2,1H3. The van der Waals surface area contributed by atoms with E-state index in [4.69, 9.17) is 0 Å². The first-order valence-corrected chi connectivity index (χ1v) is 7.35. The highest BCUT2D eigenvalue weighted by molar-refractivity contribution is 7.28. The Morgan fingerprint density at radius 2 is 1.10 bits per heavy atom. The summed E-state index contributed by atoms with van der Waals surface area (Å²) in [5.41, 5.74) is 6.47. The van der Waals surface area contributed by atoms with Crippen LogP contribution in [-0.2, 0) is 0 Å². The smallest absolute Gasteiger partial charge is 0.00310 e. The van der Waals surface area contributed by atoms with Crippen LogP contribution in [0.15, 0.2) is 72.8 Å². The van der Waals surface area contributed by atoms with Crippen molar-refractivity contribution in [1.82, 2.24) is 0 Å². The van der Waals surface area contributed by atoms with Crippen LogP contribution in [0, 0.1) is 6.92 Å². The minimum atomic E-state index is 1.24. The summed E-state index contributed by atoms with van der Waals surface area (Å²) >= 11 is 0. The molecule has 0 aliphatic heterocycles. The van der Waals surface area contributed by atoms with Crippen molar-refractivity contribution in [3.63, 3.8) is 0 Å². The van der Waals surface area contributed by atoms with Crippen LogP contribution in [0.25, 0.3) is 22.3 Å². The fourth-order valence-corrected chi connectivity index (χ4v) is 3.02. The molecule has 98 valence electrons. The maximum absolute atomic E-state index is 2.87. The normalized spacial score (nSPS) is 10.5. The van der Waals surface area contributed by atoms with Gasteiger partial charge in [0, 0.05) is 0 Å². The average Bonchev–Trinajstić information content (AvgIpc) is 2.51. The first-order chi connectivity index (χ1) is 9.77. The molecular formula is C19H17P. The highest BCUT2D eigenvalue weighted by atomic mass is 31.0. The monoisotopic (exact) mass is 276 g/mol. The summed E-state index contributed by atoms with van der Waals surface area (Å²) in [5, 5.41) is 1.24. The molecule has 0 aromatic heterocycles. The molecule has 0 spiro atoms. The van der Waals surface area contributed by atoms with Gasteiger partial charge < -0.3 is 0 Å². The average molecular weight is 276 g/mol. The lowest BCUT2D eigenvalue weighted by Crippen LogP contribution is -2.01. The van der Waals surface area contributed by atoms with Gasteiger partial charge in [-0.2, -0.15) is 0 Å². The number of hydrogen-bond acceptors (Lipinski definition) is 0. The van der Waals surface area contributed by atoms with Gasteiger partial charge in [-0.15, -0.1) is 9.24 Å². The van der Waals surface area contributed by atoms with Gasteiger partial charge in [0.25, 0.3) is 0 Å². The molecule has 1 heteroatoms. The molecule has 0 radical (unpaired) electrons. The van der Waals surface area contributed by atoms with E-state index in [2.05, 4.69) is 89.0 Å². The highest BCUT2D eigenvalue weighted by Gasteiger charge is 2.12. The largest absolute Gasteiger partial charge is 0.105 e. The molecule has 0 nitrogen and oxygen atoms in total. The molecule has 3 aromatic carbocycles. The Morgan fingerprint density at radius 1 is 0.600 bits per heavy atom. The molecule has 0 aliphatic carbocycles. The second-order valence-corrected chi connectivity index (χ2v) is 5.58. The van der Waals surface area contributed by atoms with E-state index in [1.807, 2.05) is 0 Å². The van der Waals surface area contributed by atoms with Crippen molar-refractivity contribution >= 4 is 14.5 Å². The van der Waals surface area contributed by atoms with Crippen LogP contribution in [0.2, 0.25) is 0 Å². The predicted molar refractivity (Wildman–Crippen MR) is 91.4 cm³/mol. The predicted octanol–water partition coefficient (Wildman–Crippen LogP) is 4.83. The quantitative estimate of drug-likeness (QED) is 0.588. The van der Waals surface area contributed by atoms with E-state index in [1.54, 1.807) is 0 Å². The SMILES string of the molecule is Cc1ccc(P)c(-c2ccccc2)c1-c1ccccc1. The van der Waals surface area contributed by atoms with Crippen LogP contribution in [-0.4, -0.2) is 0 Å². The Hall–Kier alpha value is -1.91. The molecule has 0 N–H and O–H groups in total. The first-order valence-electron chi connectivity index (χ1n) is 6.77. The minimum absolute atomic E-state index is 1.24. The van der Waals surface area contributed by atoms with Crippen LogP contribution in [0.1, 0.15) is 5.56 Å². The zero-order valence-electron chi connectivity index (χ0n) is 11.5. The summed E-state index contributed by atoms with van der Waals surface area (Å²) in [5.74, 6) is 0. The van der Waals surface area contributed by atoms with E-state index in [1.165, 1.54) is 33.1 Å². The van der Waals surface area contributed by atoms with Crippen molar-refractivity contribution in [1.29, 1.82) is 0 Å². The van der Waals surface area contributed by atoms with Crippen LogP contribution in [0.4, 0.5) is 0 Å². The topological polar surface area (TPSA) is 0 Å². The number of rotatable bonds is 2. The van der Waals surface area contributed by atoms with Crippen LogP contribution < -0.4 is 5.30 Å². The van der Waals surface area contributed by atoms with Crippen LogP contribution in [0.5, 0.6) is 0 Å². The summed E-state index contributed by atoms with van der Waals surface area (Å²) in [6.45, 7) is 2.18. The third-order valence-corrected chi connectivity index (χ3v) is 4.05. The van der Waals surface area contributed by atoms with E-state index >= 15 is 0 Å². The molecular weight excluding hydrogens is 259 g/mol. The zero-order valence-corrected chi connectivity index (χ0v) is 12.7. The van der Waals surface area contributed by atoms with E-state index in [-0.39, 0.29) is 0 Å². The van der Waals surface area contributed by atoms with Crippen molar-refractivity contribution in [3.8, 4) is 22.3 Å². The molecule has 0 saturated heterocycles. The van der Waals surface area contributed by atoms with E-state index in [0.717, 1.165) is 0 Å². The molecule has 0 heterocycles. The molecule has 0 bridgehead atoms. The second-order valence-electron chi connectivity index (χ2n) is 4.95. The second kappa shape index (κ2) is 5.61. The van der Waals surface area contributed by atoms with Crippen LogP contribution in [0.3, 0.4) is 0 Å². The van der Waals surface area contributed by atoms with Gasteiger partial charge in [-0.3, -0.25) is 0 Å². The van der Waals surface area contributed by atoms with Gasteiger partial charge >= 0.3 is 0 Å². The van der Waals surface area contributed by atoms with Crippen molar-refractivity contribution in [2.24, 2.45) is 0 Å². The van der Waals surface area contributed by atoms with Gasteiger partial charge in [0.1, 0.15) is 0 Å². The van der Waals surface area contributed by atoms with Crippen molar-refractivity contribution in [3.05, 3.63) is 78.4 Å². The molecule has 3 rings (SSSR count). The molecule has 0 fully saturated rings. The molecule has 0 amide bonds. The van der Waals surface area contributed by atoms with Gasteiger partial charge in [0.2, 0.25) is 0 Å². The lowest BCUT2D eigenvalue weighted by molar-refractivity contribution is 1.47. The molecule has 0 aliphatic rings. The lowest BCUT2D eigenvalue weighted by atomic mass is 9.91. The highest BCUT2D eigenvalue weighted by Crippen LogP contribution is 2.34. The van der Waals surface area contributed by atoms with Gasteiger partial charge in [0.15, 0.2) is 0 Å². The van der Waals surface area contributed by atoms with Crippen LogP contribution >= 0.6 is 9.24 Å². The summed E-state index contributed by atoms with van der Waals surface area (Å²) < 4.78 is 0. The summed E-state index contributed by atoms with van der Waals surface area (Å²) in [6, 6.07) is 25.6. The Balaban J connectivity index is 2.32. The van der Waals surface area contributed by atoms with Gasteiger partial charge in [-0.25, -0.2) is 0 Å². The number of aryl methyl sites for hydroxylation is 1. The van der Waals surface area contributed by atoms with Gasteiger partial charge in [0.05, 0.1) is 0 Å². The van der Waals surface area contributed by atoms with Crippen molar-refractivity contribution in [2.75, 3.05) is 0 Å². The summed E-state index contributed by atoms with van der Waals surface area (Å²) in [4.78, 5) is 0. The van der Waals surface area contributed by atoms with Gasteiger partial charge in [-0.05, 0) is 40.0 Å². The fraction of sp³-hybridized carbons (Fsp3) is 0.0526. The number of benzene rings is 3. The third-order valence-electron chi connectivity index (χ3n) is 3.57. The Morgan fingerprint density at radius 3 is 1.65 bits per heavy atom. The molecule has 0 saturated carbocycles. The molecule has 1 atom stereocenters. The van der Waals surface area contributed by atoms with E-state index in [9.17, 15) is 0 Å². The van der Waals surface area contributed by atoms with Crippen molar-refractivity contribution < 1.29 is 0 Å². The Labute approximate surface area is 122 Å². The number of hydrogen-bond donors (Lipinski definition) is 0. The summed E-state index contributed by atoms with van der Waals surface area (Å²) in [6.07, 6.45) is 0. The third kappa shape index (κ3) is 2.40. The molecule has 1 unspecified atom stereocenters. The van der Waals surface area contributed by atoms with E-state index < -0.39 is 0 Å². The maximum Gasteiger partial charge on any atom is -0.00310 e. The molecule has 20 heavy (non-hydrogen) atoms. The fourth-order valence-electron chi connectivity index (χ4n) is 2.62. The Kier molecular flexibility index (Phi) is 3.67. The molecule has 3 aromatic rings. The Bertz CT molecular complexity index is 651. The summed E-state index contributed by atoms with van der Waals surface area (Å²) in [7, 11) is 2.87.